The van der Waals surface area contributed by atoms with Crippen LogP contribution in [0.25, 0.3) is 0 Å². The van der Waals surface area contributed by atoms with Crippen molar-refractivity contribution in [2.24, 2.45) is 4.99 Å². The van der Waals surface area contributed by atoms with Gasteiger partial charge in [-0.15, -0.1) is 24.0 Å². The third-order valence-electron chi connectivity index (χ3n) is 4.34. The molecule has 0 aliphatic rings. The first kappa shape index (κ1) is 24.1. The average molecular weight is 502 g/mol. The van der Waals surface area contributed by atoms with Gasteiger partial charge >= 0.3 is 0 Å². The smallest absolute Gasteiger partial charge is 0.191 e. The van der Waals surface area contributed by atoms with Gasteiger partial charge in [-0.3, -0.25) is 4.99 Å². The van der Waals surface area contributed by atoms with Crippen molar-refractivity contribution in [2.45, 2.75) is 39.2 Å². The number of benzene rings is 1. The molecule has 0 fully saturated rings. The maximum Gasteiger partial charge on any atom is 0.191 e. The van der Waals surface area contributed by atoms with E-state index in [0.29, 0.717) is 31.6 Å². The molecule has 2 rings (SSSR count). The summed E-state index contributed by atoms with van der Waals surface area (Å²) in [5, 5.41) is 10.6. The van der Waals surface area contributed by atoms with Crippen molar-refractivity contribution in [3.8, 4) is 11.5 Å². The molecule has 0 amide bonds. The summed E-state index contributed by atoms with van der Waals surface area (Å²) in [5.41, 5.74) is 1.02. The summed E-state index contributed by atoms with van der Waals surface area (Å²) >= 11 is 0. The number of hydrogen-bond acceptors (Lipinski definition) is 5. The van der Waals surface area contributed by atoms with Crippen LogP contribution in [-0.4, -0.2) is 38.4 Å². The van der Waals surface area contributed by atoms with Gasteiger partial charge < -0.3 is 24.6 Å². The van der Waals surface area contributed by atoms with Gasteiger partial charge in [0.05, 0.1) is 25.9 Å². The summed E-state index contributed by atoms with van der Waals surface area (Å²) in [6.45, 7) is 5.99. The minimum absolute atomic E-state index is 0. The average Bonchev–Trinajstić information content (AvgIpc) is 3.17. The number of hydrogen-bond donors (Lipinski definition) is 2. The van der Waals surface area contributed by atoms with E-state index in [0.717, 1.165) is 35.8 Å². The summed E-state index contributed by atoms with van der Waals surface area (Å²) in [6, 6.07) is 9.56. The van der Waals surface area contributed by atoms with E-state index < -0.39 is 0 Å². The molecule has 2 N–H and O–H groups in total. The Morgan fingerprint density at radius 1 is 1.18 bits per heavy atom. The zero-order valence-electron chi connectivity index (χ0n) is 17.0. The van der Waals surface area contributed by atoms with Gasteiger partial charge in [0.1, 0.15) is 18.1 Å². The SMILES string of the molecule is CCC(CC)c1cc(CNC(=NC)NCCOc2cccc(OC)c2)on1.I. The van der Waals surface area contributed by atoms with Gasteiger partial charge in [0.25, 0.3) is 0 Å². The maximum absolute atomic E-state index is 5.71. The van der Waals surface area contributed by atoms with Crippen LogP contribution in [0.2, 0.25) is 0 Å². The molecule has 0 aliphatic carbocycles. The summed E-state index contributed by atoms with van der Waals surface area (Å²) in [6.07, 6.45) is 2.12. The molecule has 0 unspecified atom stereocenters. The summed E-state index contributed by atoms with van der Waals surface area (Å²) in [4.78, 5) is 4.21. The highest BCUT2D eigenvalue weighted by Gasteiger charge is 2.13. The topological polar surface area (TPSA) is 80.9 Å². The van der Waals surface area contributed by atoms with Crippen molar-refractivity contribution >= 4 is 29.9 Å². The molecule has 0 bridgehead atoms. The fourth-order valence-electron chi connectivity index (χ4n) is 2.73. The first-order chi connectivity index (χ1) is 13.2. The van der Waals surface area contributed by atoms with Crippen molar-refractivity contribution in [1.29, 1.82) is 0 Å². The minimum Gasteiger partial charge on any atom is -0.497 e. The minimum atomic E-state index is 0. The van der Waals surface area contributed by atoms with Crippen LogP contribution in [0, 0.1) is 0 Å². The Kier molecular flexibility index (Phi) is 11.4. The third-order valence-corrected chi connectivity index (χ3v) is 4.34. The normalized spacial score (nSPS) is 11.1. The maximum atomic E-state index is 5.71. The van der Waals surface area contributed by atoms with Crippen LogP contribution in [0.3, 0.4) is 0 Å². The van der Waals surface area contributed by atoms with Crippen molar-refractivity contribution < 1.29 is 14.0 Å². The largest absolute Gasteiger partial charge is 0.497 e. The Labute approximate surface area is 184 Å². The molecule has 28 heavy (non-hydrogen) atoms. The van der Waals surface area contributed by atoms with Gasteiger partial charge in [-0.2, -0.15) is 0 Å². The van der Waals surface area contributed by atoms with Crippen molar-refractivity contribution in [1.82, 2.24) is 15.8 Å². The van der Waals surface area contributed by atoms with Crippen LogP contribution >= 0.6 is 24.0 Å². The summed E-state index contributed by atoms with van der Waals surface area (Å²) < 4.78 is 16.3. The number of aromatic nitrogens is 1. The van der Waals surface area contributed by atoms with Crippen LogP contribution in [0.1, 0.15) is 44.1 Å². The lowest BCUT2D eigenvalue weighted by Crippen LogP contribution is -2.38. The highest BCUT2D eigenvalue weighted by atomic mass is 127. The Balaban J connectivity index is 0.00000392. The molecule has 0 aliphatic heterocycles. The predicted molar refractivity (Wildman–Crippen MR) is 122 cm³/mol. The summed E-state index contributed by atoms with van der Waals surface area (Å²) in [5.74, 6) is 3.48. The molecule has 0 saturated carbocycles. The quantitative estimate of drug-likeness (QED) is 0.222. The number of ether oxygens (including phenoxy) is 2. The second kappa shape index (κ2) is 13.2. The number of nitrogens with one attached hydrogen (secondary N) is 2. The van der Waals surface area contributed by atoms with E-state index in [-0.39, 0.29) is 24.0 Å². The van der Waals surface area contributed by atoms with E-state index >= 15 is 0 Å². The van der Waals surface area contributed by atoms with Crippen LogP contribution in [-0.2, 0) is 6.54 Å². The first-order valence-electron chi connectivity index (χ1n) is 9.37. The van der Waals surface area contributed by atoms with Crippen LogP contribution in [0.4, 0.5) is 0 Å². The molecule has 0 atom stereocenters. The third kappa shape index (κ3) is 7.57. The van der Waals surface area contributed by atoms with Crippen molar-refractivity contribution in [3.63, 3.8) is 0 Å². The number of halogens is 1. The molecular weight excluding hydrogens is 471 g/mol. The molecular formula is C20H31IN4O3. The predicted octanol–water partition coefficient (Wildman–Crippen LogP) is 3.95. The number of rotatable bonds is 10. The molecule has 1 aromatic heterocycles. The second-order valence-electron chi connectivity index (χ2n) is 6.11. The zero-order chi connectivity index (χ0) is 19.5. The Hall–Kier alpha value is -1.97. The number of nitrogens with zero attached hydrogens (tertiary/aromatic N) is 2. The zero-order valence-corrected chi connectivity index (χ0v) is 19.4. The number of aliphatic imine (C=N–C) groups is 1. The fourth-order valence-corrected chi connectivity index (χ4v) is 2.73. The molecule has 0 spiro atoms. The molecule has 1 aromatic carbocycles. The summed E-state index contributed by atoms with van der Waals surface area (Å²) in [7, 11) is 3.37. The van der Waals surface area contributed by atoms with Gasteiger partial charge in [-0.05, 0) is 25.0 Å². The van der Waals surface area contributed by atoms with Gasteiger partial charge in [0.2, 0.25) is 0 Å². The van der Waals surface area contributed by atoms with E-state index in [2.05, 4.69) is 34.6 Å². The van der Waals surface area contributed by atoms with Crippen LogP contribution in [0.5, 0.6) is 11.5 Å². The van der Waals surface area contributed by atoms with E-state index in [1.807, 2.05) is 30.3 Å². The van der Waals surface area contributed by atoms with E-state index in [1.54, 1.807) is 14.2 Å². The molecule has 1 heterocycles. The molecule has 0 saturated heterocycles. The first-order valence-corrected chi connectivity index (χ1v) is 9.37. The Morgan fingerprint density at radius 3 is 2.61 bits per heavy atom. The number of guanidine groups is 1. The lowest BCUT2D eigenvalue weighted by Gasteiger charge is -2.12. The van der Waals surface area contributed by atoms with Gasteiger partial charge in [-0.1, -0.05) is 25.1 Å². The molecule has 8 heteroatoms. The highest BCUT2D eigenvalue weighted by molar-refractivity contribution is 14.0. The monoisotopic (exact) mass is 502 g/mol. The molecule has 0 radical (unpaired) electrons. The number of methoxy groups -OCH3 is 1. The van der Waals surface area contributed by atoms with E-state index in [4.69, 9.17) is 14.0 Å². The fraction of sp³-hybridized carbons (Fsp3) is 0.500. The second-order valence-corrected chi connectivity index (χ2v) is 6.11. The lowest BCUT2D eigenvalue weighted by molar-refractivity contribution is 0.318. The standard InChI is InChI=1S/C20H30N4O3.HI/c1-5-15(6-2)19-13-18(27-24-19)14-23-20(21-3)22-10-11-26-17-9-7-8-16(12-17)25-4;/h7-9,12-13,15H,5-6,10-11,14H2,1-4H3,(H2,21,22,23);1H. The van der Waals surface area contributed by atoms with Gasteiger partial charge in [0.15, 0.2) is 11.7 Å². The van der Waals surface area contributed by atoms with E-state index in [1.165, 1.54) is 0 Å². The van der Waals surface area contributed by atoms with Crippen LogP contribution in [0.15, 0.2) is 39.8 Å². The molecule has 156 valence electrons. The van der Waals surface area contributed by atoms with Crippen molar-refractivity contribution in [2.75, 3.05) is 27.3 Å². The highest BCUT2D eigenvalue weighted by Crippen LogP contribution is 2.22. The van der Waals surface area contributed by atoms with Gasteiger partial charge in [0, 0.05) is 25.1 Å². The van der Waals surface area contributed by atoms with Crippen molar-refractivity contribution in [3.05, 3.63) is 41.8 Å². The van der Waals surface area contributed by atoms with Crippen LogP contribution < -0.4 is 20.1 Å². The van der Waals surface area contributed by atoms with Gasteiger partial charge in [-0.25, -0.2) is 0 Å². The Bertz CT molecular complexity index is 717. The molecule has 2 aromatic rings. The van der Waals surface area contributed by atoms with E-state index in [9.17, 15) is 0 Å². The Morgan fingerprint density at radius 2 is 1.93 bits per heavy atom. The molecule has 7 nitrogen and oxygen atoms in total. The lowest BCUT2D eigenvalue weighted by atomic mass is 9.99.